The van der Waals surface area contributed by atoms with Crippen molar-refractivity contribution >= 4 is 44.5 Å². The summed E-state index contributed by atoms with van der Waals surface area (Å²) in [7, 11) is 0. The number of thiophene rings is 2. The van der Waals surface area contributed by atoms with Crippen molar-refractivity contribution in [3.8, 4) is 0 Å². The summed E-state index contributed by atoms with van der Waals surface area (Å²) < 4.78 is 0. The smallest absolute Gasteiger partial charge is 0.324 e. The van der Waals surface area contributed by atoms with E-state index in [0.717, 1.165) is 21.8 Å². The lowest BCUT2D eigenvalue weighted by Crippen LogP contribution is -2.16. The summed E-state index contributed by atoms with van der Waals surface area (Å²) in [6.45, 7) is 3.57. The monoisotopic (exact) mass is 325 g/mol. The van der Waals surface area contributed by atoms with E-state index in [4.69, 9.17) is 5.73 Å². The van der Waals surface area contributed by atoms with Gasteiger partial charge in [0.15, 0.2) is 0 Å². The Bertz CT molecular complexity index is 748. The normalized spacial score (nSPS) is 10.4. The van der Waals surface area contributed by atoms with E-state index in [9.17, 15) is 19.7 Å². The Morgan fingerprint density at radius 3 is 2.48 bits per heavy atom. The summed E-state index contributed by atoms with van der Waals surface area (Å²) in [4.78, 5) is 34.7. The van der Waals surface area contributed by atoms with Crippen LogP contribution in [0.2, 0.25) is 0 Å². The van der Waals surface area contributed by atoms with Crippen LogP contribution in [-0.2, 0) is 0 Å². The summed E-state index contributed by atoms with van der Waals surface area (Å²) >= 11 is 2.01. The minimum Gasteiger partial charge on any atom is -0.365 e. The maximum absolute atomic E-state index is 12.1. The number of carbonyl (C=O) groups excluding carboxylic acids is 2. The average molecular weight is 325 g/mol. The van der Waals surface area contributed by atoms with Crippen LogP contribution in [0.1, 0.15) is 30.5 Å². The Kier molecular flexibility index (Phi) is 4.05. The predicted octanol–water partition coefficient (Wildman–Crippen LogP) is 2.69. The fraction of sp³-hybridized carbons (Fsp3) is 0.167. The lowest BCUT2D eigenvalue weighted by Gasteiger charge is -2.03. The number of hydrogen-bond acceptors (Lipinski definition) is 6. The molecule has 2 rings (SSSR count). The van der Waals surface area contributed by atoms with Crippen LogP contribution in [0.4, 0.5) is 10.0 Å². The van der Waals surface area contributed by atoms with Crippen LogP contribution in [0.3, 0.4) is 0 Å². The molecule has 2 amide bonds. The molecule has 0 aliphatic carbocycles. The molecule has 3 N–H and O–H groups in total. The van der Waals surface area contributed by atoms with Gasteiger partial charge >= 0.3 is 5.00 Å². The number of rotatable bonds is 4. The topological polar surface area (TPSA) is 115 Å². The highest BCUT2D eigenvalue weighted by Gasteiger charge is 2.21. The highest BCUT2D eigenvalue weighted by Crippen LogP contribution is 2.33. The minimum absolute atomic E-state index is 0.117. The lowest BCUT2D eigenvalue weighted by atomic mass is 10.1. The summed E-state index contributed by atoms with van der Waals surface area (Å²) in [5.74, 6) is -1.12. The van der Waals surface area contributed by atoms with E-state index >= 15 is 0 Å². The molecule has 0 saturated carbocycles. The molecule has 0 aromatic carbocycles. The molecule has 110 valence electrons. The summed E-state index contributed by atoms with van der Waals surface area (Å²) in [5, 5.41) is 13.4. The highest BCUT2D eigenvalue weighted by atomic mass is 32.1. The molecular formula is C12H11N3O4S2. The number of carbonyl (C=O) groups is 2. The van der Waals surface area contributed by atoms with Crippen LogP contribution in [0.15, 0.2) is 12.1 Å². The second-order valence-electron chi connectivity index (χ2n) is 4.20. The van der Waals surface area contributed by atoms with Gasteiger partial charge in [0.2, 0.25) is 0 Å². The largest absolute Gasteiger partial charge is 0.365 e. The van der Waals surface area contributed by atoms with Crippen LogP contribution in [0.5, 0.6) is 0 Å². The molecule has 2 aromatic heterocycles. The Morgan fingerprint density at radius 1 is 1.29 bits per heavy atom. The van der Waals surface area contributed by atoms with Gasteiger partial charge in [-0.05, 0) is 25.5 Å². The van der Waals surface area contributed by atoms with Crippen molar-refractivity contribution in [1.29, 1.82) is 0 Å². The molecule has 21 heavy (non-hydrogen) atoms. The first-order valence-corrected chi connectivity index (χ1v) is 7.40. The van der Waals surface area contributed by atoms with Crippen LogP contribution >= 0.6 is 22.7 Å². The molecule has 0 unspecified atom stereocenters. The molecule has 0 bridgehead atoms. The molecule has 2 heterocycles. The second kappa shape index (κ2) is 5.62. The van der Waals surface area contributed by atoms with Gasteiger partial charge in [0.25, 0.3) is 11.8 Å². The third-order valence-electron chi connectivity index (χ3n) is 2.85. The van der Waals surface area contributed by atoms with Crippen LogP contribution in [0.25, 0.3) is 0 Å². The van der Waals surface area contributed by atoms with Gasteiger partial charge < -0.3 is 11.1 Å². The summed E-state index contributed by atoms with van der Waals surface area (Å²) in [6, 6.07) is 2.63. The average Bonchev–Trinajstić information content (AvgIpc) is 2.96. The van der Waals surface area contributed by atoms with Crippen molar-refractivity contribution < 1.29 is 14.5 Å². The molecule has 0 spiro atoms. The third-order valence-corrected chi connectivity index (χ3v) is 5.01. The molecule has 9 heteroatoms. The molecule has 0 radical (unpaired) electrons. The third kappa shape index (κ3) is 2.93. The SMILES string of the molecule is Cc1sc(NC(=O)c2ccc([N+](=O)[O-])s2)c(C(N)=O)c1C. The molecule has 0 fully saturated rings. The minimum atomic E-state index is -0.621. The number of hydrogen-bond donors (Lipinski definition) is 2. The van der Waals surface area contributed by atoms with Crippen molar-refractivity contribution in [1.82, 2.24) is 0 Å². The predicted molar refractivity (Wildman–Crippen MR) is 81.2 cm³/mol. The first-order chi connectivity index (χ1) is 9.81. The van der Waals surface area contributed by atoms with Gasteiger partial charge in [-0.15, -0.1) is 11.3 Å². The van der Waals surface area contributed by atoms with Gasteiger partial charge in [-0.1, -0.05) is 11.3 Å². The van der Waals surface area contributed by atoms with Gasteiger partial charge in [0.05, 0.1) is 15.4 Å². The fourth-order valence-corrected chi connectivity index (χ4v) is 3.50. The van der Waals surface area contributed by atoms with E-state index in [0.29, 0.717) is 5.00 Å². The Hall–Kier alpha value is -2.26. The number of nitrogens with two attached hydrogens (primary N) is 1. The number of nitrogens with zero attached hydrogens (tertiary/aromatic N) is 1. The Labute approximate surface area is 127 Å². The number of primary amides is 1. The van der Waals surface area contributed by atoms with E-state index in [1.165, 1.54) is 23.5 Å². The van der Waals surface area contributed by atoms with Crippen LogP contribution in [-0.4, -0.2) is 16.7 Å². The maximum atomic E-state index is 12.1. The molecule has 0 saturated heterocycles. The fourth-order valence-electron chi connectivity index (χ4n) is 1.72. The van der Waals surface area contributed by atoms with E-state index in [1.807, 2.05) is 6.92 Å². The zero-order valence-electron chi connectivity index (χ0n) is 11.1. The molecular weight excluding hydrogens is 314 g/mol. The number of nitro groups is 1. The molecule has 0 aliphatic rings. The number of anilines is 1. The van der Waals surface area contributed by atoms with Gasteiger partial charge in [0, 0.05) is 10.9 Å². The second-order valence-corrected chi connectivity index (χ2v) is 6.49. The zero-order chi connectivity index (χ0) is 15.7. The van der Waals surface area contributed by atoms with Crippen molar-refractivity contribution in [3.63, 3.8) is 0 Å². The number of nitrogens with one attached hydrogen (secondary N) is 1. The van der Waals surface area contributed by atoms with E-state index in [2.05, 4.69) is 5.32 Å². The first-order valence-electron chi connectivity index (χ1n) is 5.76. The standard InChI is InChI=1S/C12H11N3O4S2/c1-5-6(2)20-12(9(5)10(13)16)14-11(17)7-3-4-8(21-7)15(18)19/h3-4H,1-2H3,(H2,13,16)(H,14,17). The van der Waals surface area contributed by atoms with Crippen molar-refractivity contribution in [2.75, 3.05) is 5.32 Å². The number of amides is 2. The van der Waals surface area contributed by atoms with Gasteiger partial charge in [-0.2, -0.15) is 0 Å². The Morgan fingerprint density at radius 2 is 1.95 bits per heavy atom. The quantitative estimate of drug-likeness (QED) is 0.664. The maximum Gasteiger partial charge on any atom is 0.324 e. The van der Waals surface area contributed by atoms with E-state index < -0.39 is 16.7 Å². The molecule has 7 nitrogen and oxygen atoms in total. The van der Waals surface area contributed by atoms with Crippen molar-refractivity contribution in [3.05, 3.63) is 43.1 Å². The van der Waals surface area contributed by atoms with E-state index in [-0.39, 0.29) is 15.4 Å². The molecule has 0 atom stereocenters. The van der Waals surface area contributed by atoms with Gasteiger partial charge in [-0.25, -0.2) is 0 Å². The van der Waals surface area contributed by atoms with Crippen LogP contribution < -0.4 is 11.1 Å². The number of aryl methyl sites for hydroxylation is 1. The highest BCUT2D eigenvalue weighted by molar-refractivity contribution is 7.18. The van der Waals surface area contributed by atoms with Gasteiger partial charge in [0.1, 0.15) is 5.00 Å². The lowest BCUT2D eigenvalue weighted by molar-refractivity contribution is -0.380. The summed E-state index contributed by atoms with van der Waals surface area (Å²) in [6.07, 6.45) is 0. The van der Waals surface area contributed by atoms with Gasteiger partial charge in [-0.3, -0.25) is 19.7 Å². The molecule has 2 aromatic rings. The Balaban J connectivity index is 2.29. The molecule has 0 aliphatic heterocycles. The van der Waals surface area contributed by atoms with Crippen molar-refractivity contribution in [2.45, 2.75) is 13.8 Å². The van der Waals surface area contributed by atoms with E-state index in [1.54, 1.807) is 6.92 Å². The summed E-state index contributed by atoms with van der Waals surface area (Å²) in [5.41, 5.74) is 6.31. The van der Waals surface area contributed by atoms with Crippen LogP contribution in [0, 0.1) is 24.0 Å². The zero-order valence-corrected chi connectivity index (χ0v) is 12.8. The van der Waals surface area contributed by atoms with Crippen molar-refractivity contribution in [2.24, 2.45) is 5.73 Å². The first kappa shape index (κ1) is 15.1.